The molecule has 27 heteroatoms. The minimum atomic E-state index is -0.914. The molecule has 2 aliphatic heterocycles. The number of hydrogen-bond acceptors (Lipinski definition) is 23. The Bertz CT molecular complexity index is 3300. The van der Waals surface area contributed by atoms with E-state index in [1.54, 1.807) is 77.1 Å². The van der Waals surface area contributed by atoms with Gasteiger partial charge in [0.2, 0.25) is 0 Å². The van der Waals surface area contributed by atoms with E-state index >= 15 is 0 Å². The maximum atomic E-state index is 14.1. The molecule has 2 atom stereocenters. The highest BCUT2D eigenvalue weighted by molar-refractivity contribution is 9.10. The zero-order valence-electron chi connectivity index (χ0n) is 49.7. The van der Waals surface area contributed by atoms with Crippen LogP contribution in [0, 0.1) is 13.8 Å². The summed E-state index contributed by atoms with van der Waals surface area (Å²) in [6, 6.07) is 15.0. The topological polar surface area (TPSA) is 289 Å². The fourth-order valence-corrected chi connectivity index (χ4v) is 10.8. The van der Waals surface area contributed by atoms with E-state index in [9.17, 15) is 19.2 Å². The normalized spacial score (nSPS) is 15.2. The number of aromatic nitrogens is 8. The lowest BCUT2D eigenvalue weighted by Gasteiger charge is -2.30. The highest BCUT2D eigenvalue weighted by Gasteiger charge is 2.43. The first-order valence-corrected chi connectivity index (χ1v) is 29.8. The monoisotopic (exact) mass is 1330 g/mol. The van der Waals surface area contributed by atoms with Crippen LogP contribution in [0.25, 0.3) is 22.5 Å². The van der Waals surface area contributed by atoms with Gasteiger partial charge in [-0.2, -0.15) is 0 Å². The van der Waals surface area contributed by atoms with Gasteiger partial charge in [-0.15, -0.1) is 10.2 Å². The number of carbonyl (C=O) groups is 4. The van der Waals surface area contributed by atoms with Crippen molar-refractivity contribution in [3.05, 3.63) is 149 Å². The van der Waals surface area contributed by atoms with Gasteiger partial charge in [-0.05, 0) is 79.7 Å². The van der Waals surface area contributed by atoms with Gasteiger partial charge < -0.3 is 62.3 Å². The first-order chi connectivity index (χ1) is 42.1. The summed E-state index contributed by atoms with van der Waals surface area (Å²) in [5, 5.41) is 31.7. The zero-order valence-corrected chi connectivity index (χ0v) is 52.9. The lowest BCUT2D eigenvalue weighted by atomic mass is 9.78. The first-order valence-electron chi connectivity index (χ1n) is 28.2. The molecule has 464 valence electrons. The number of dihydropyridines is 2. The predicted molar refractivity (Wildman–Crippen MR) is 318 cm³/mol. The lowest BCUT2D eigenvalue weighted by molar-refractivity contribution is -0.142. The van der Waals surface area contributed by atoms with E-state index in [-0.39, 0.29) is 48.7 Å². The molecule has 6 heterocycles. The molecule has 0 bridgehead atoms. The number of rotatable bonds is 32. The molecule has 4 aromatic heterocycles. The molecule has 87 heavy (non-hydrogen) atoms. The van der Waals surface area contributed by atoms with Crippen LogP contribution in [0.4, 0.5) is 0 Å². The minimum Gasteiger partial charge on any atom is -0.463 e. The molecule has 2 N–H and O–H groups in total. The number of benzene rings is 2. The summed E-state index contributed by atoms with van der Waals surface area (Å²) in [6.45, 7) is 18.3. The highest BCUT2D eigenvalue weighted by Crippen LogP contribution is 2.46. The smallest absolute Gasteiger partial charge is 0.337 e. The number of nitrogens with zero attached hydrogens (tertiary/aromatic N) is 8. The molecule has 25 nitrogen and oxygen atoms in total. The van der Waals surface area contributed by atoms with Crippen LogP contribution in [0.2, 0.25) is 0 Å². The second kappa shape index (κ2) is 31.8. The van der Waals surface area contributed by atoms with E-state index in [0.29, 0.717) is 147 Å². The molecule has 0 radical (unpaired) electrons. The molecule has 0 amide bonds. The largest absolute Gasteiger partial charge is 0.463 e. The minimum absolute atomic E-state index is 0.134. The summed E-state index contributed by atoms with van der Waals surface area (Å²) >= 11 is 7.05. The molecule has 0 saturated heterocycles. The van der Waals surface area contributed by atoms with Crippen LogP contribution in [0.15, 0.2) is 124 Å². The summed E-state index contributed by atoms with van der Waals surface area (Å²) < 4.78 is 67.2. The third-order valence-corrected chi connectivity index (χ3v) is 14.8. The van der Waals surface area contributed by atoms with E-state index in [4.69, 9.17) is 51.7 Å². The molecule has 0 spiro atoms. The highest BCUT2D eigenvalue weighted by atomic mass is 79.9. The Kier molecular flexibility index (Phi) is 23.9. The van der Waals surface area contributed by atoms with E-state index in [0.717, 1.165) is 20.1 Å². The molecule has 6 aromatic rings. The van der Waals surface area contributed by atoms with Gasteiger partial charge in [-0.3, -0.25) is 0 Å². The van der Waals surface area contributed by atoms with Gasteiger partial charge in [-0.1, -0.05) is 76.9 Å². The van der Waals surface area contributed by atoms with Crippen molar-refractivity contribution >= 4 is 55.7 Å². The molecule has 0 aliphatic carbocycles. The summed E-state index contributed by atoms with van der Waals surface area (Å²) in [5.74, 6) is -3.46. The fourth-order valence-electron chi connectivity index (χ4n) is 9.95. The molecule has 0 fully saturated rings. The molecular weight excluding hydrogens is 1260 g/mol. The quantitative estimate of drug-likeness (QED) is 0.0228. The van der Waals surface area contributed by atoms with Crippen molar-refractivity contribution in [2.75, 3.05) is 79.3 Å². The number of esters is 4. The average Bonchev–Trinajstić information content (AvgIpc) is 1.90. The van der Waals surface area contributed by atoms with Crippen LogP contribution in [0.3, 0.4) is 0 Å². The molecule has 8 rings (SSSR count). The van der Waals surface area contributed by atoms with Crippen molar-refractivity contribution in [3.8, 4) is 22.5 Å². The predicted octanol–water partition coefficient (Wildman–Crippen LogP) is 8.19. The van der Waals surface area contributed by atoms with Crippen molar-refractivity contribution in [1.82, 2.24) is 50.9 Å². The molecule has 0 saturated carbocycles. The number of aryl methyl sites for hydroxylation is 2. The van der Waals surface area contributed by atoms with E-state index < -0.39 is 35.7 Å². The van der Waals surface area contributed by atoms with Crippen molar-refractivity contribution in [2.45, 2.75) is 93.5 Å². The Hall–Kier alpha value is -7.66. The number of ether oxygens (including phenoxy) is 9. The standard InChI is InChI=1S/C60H70Br2N10O15/c1-9-82-57(73)47-35(3)63-37(5)49(53(47)51-39(7)86-67-55(51)41-13-11-15-43(61)29-41)59(75)84-33-45-31-71(69-65-45)17-19-77-21-23-79-25-27-81-28-26-80-24-22-78-20-18-72-32-46(66-70-72)34-85-60(76)50-38(6)64-36(4)48(58(74)83-10-2)54(50)52-40(8)87-68-56(52)42-14-12-16-44(62)30-42/h11-16,29-32,53-54,63-64H,9-10,17-28,33-34H2,1-8H3. The van der Waals surface area contributed by atoms with Crippen LogP contribution < -0.4 is 10.6 Å². The van der Waals surface area contributed by atoms with Gasteiger partial charge >= 0.3 is 23.9 Å². The molecule has 2 aliphatic rings. The third-order valence-electron chi connectivity index (χ3n) is 13.8. The van der Waals surface area contributed by atoms with Crippen LogP contribution >= 0.6 is 31.9 Å². The number of nitrogens with one attached hydrogen (secondary N) is 2. The Morgan fingerprint density at radius 2 is 0.828 bits per heavy atom. The van der Waals surface area contributed by atoms with Gasteiger partial charge in [-0.25, -0.2) is 28.5 Å². The van der Waals surface area contributed by atoms with Crippen molar-refractivity contribution in [3.63, 3.8) is 0 Å². The van der Waals surface area contributed by atoms with Gasteiger partial charge in [0, 0.05) is 54.0 Å². The van der Waals surface area contributed by atoms with E-state index in [1.807, 2.05) is 48.5 Å². The van der Waals surface area contributed by atoms with Gasteiger partial charge in [0.1, 0.15) is 47.5 Å². The Balaban J connectivity index is 0.675. The number of halogens is 2. The van der Waals surface area contributed by atoms with Crippen molar-refractivity contribution < 1.29 is 70.9 Å². The molecular formula is C60H70Br2N10O15. The van der Waals surface area contributed by atoms with E-state index in [2.05, 4.69) is 73.4 Å². The zero-order chi connectivity index (χ0) is 62.0. The van der Waals surface area contributed by atoms with Crippen LogP contribution in [-0.4, -0.2) is 143 Å². The average molecular weight is 1330 g/mol. The number of hydrogen-bond donors (Lipinski definition) is 2. The van der Waals surface area contributed by atoms with Crippen molar-refractivity contribution in [1.29, 1.82) is 0 Å². The third kappa shape index (κ3) is 16.9. The van der Waals surface area contributed by atoms with Gasteiger partial charge in [0.15, 0.2) is 0 Å². The van der Waals surface area contributed by atoms with Gasteiger partial charge in [0.25, 0.3) is 0 Å². The second-order valence-electron chi connectivity index (χ2n) is 19.9. The second-order valence-corrected chi connectivity index (χ2v) is 21.7. The van der Waals surface area contributed by atoms with Crippen LogP contribution in [0.5, 0.6) is 0 Å². The Labute approximate surface area is 519 Å². The Morgan fingerprint density at radius 1 is 0.494 bits per heavy atom. The van der Waals surface area contributed by atoms with E-state index in [1.165, 1.54) is 0 Å². The van der Waals surface area contributed by atoms with Crippen molar-refractivity contribution in [2.24, 2.45) is 0 Å². The summed E-state index contributed by atoms with van der Waals surface area (Å²) in [7, 11) is 0. The first kappa shape index (κ1) is 65.3. The number of allylic oxidation sites excluding steroid dienone is 4. The maximum Gasteiger partial charge on any atom is 0.337 e. The fraction of sp³-hybridized carbons (Fsp3) is 0.433. The summed E-state index contributed by atoms with van der Waals surface area (Å²) in [4.78, 5) is 55.2. The molecule has 2 unspecified atom stereocenters. The van der Waals surface area contributed by atoms with Gasteiger partial charge in [0.05, 0.1) is 139 Å². The molecule has 2 aromatic carbocycles. The SMILES string of the molecule is CCOC(=O)C1=C(C)NC(C)=C(C(=O)OCc2cn(CCOCCOCCOCCOCCOCCn3cc(COC(=O)C4=C(C)NC(C)=C(C(=O)OCC)C4c4c(-c5cccc(Br)c5)noc4C)nn3)nn2)C1c1c(-c2cccc(Br)c2)noc1C. The Morgan fingerprint density at radius 3 is 1.16 bits per heavy atom. The summed E-state index contributed by atoms with van der Waals surface area (Å²) in [5.41, 5.74) is 7.30. The van der Waals surface area contributed by atoms with Crippen LogP contribution in [0.1, 0.15) is 87.4 Å². The maximum absolute atomic E-state index is 14.1. The number of carbonyl (C=O) groups excluding carboxylic acids is 4. The summed E-state index contributed by atoms with van der Waals surface area (Å²) in [6.07, 6.45) is 3.34. The van der Waals surface area contributed by atoms with Crippen LogP contribution in [-0.2, 0) is 88.1 Å². The lowest BCUT2D eigenvalue weighted by Crippen LogP contribution is -2.33.